The number of hydrogen-bond acceptors (Lipinski definition) is 6. The molecule has 8 heteroatoms. The molecule has 2 N–H and O–H groups in total. The van der Waals surface area contributed by atoms with Gasteiger partial charge in [0.2, 0.25) is 0 Å². The van der Waals surface area contributed by atoms with Crippen molar-refractivity contribution in [3.63, 3.8) is 0 Å². The Morgan fingerprint density at radius 1 is 0.614 bits per heavy atom. The van der Waals surface area contributed by atoms with Crippen LogP contribution in [0.5, 0.6) is 0 Å². The Morgan fingerprint density at radius 2 is 1.16 bits per heavy atom. The minimum Gasteiger partial charge on any atom is -0.382 e. The fourth-order valence-corrected chi connectivity index (χ4v) is 11.9. The average molecular weight is 789 g/mol. The number of hydrogen-bond donors (Lipinski definition) is 2. The van der Waals surface area contributed by atoms with Crippen LogP contribution >= 0.6 is 77.2 Å². The van der Waals surface area contributed by atoms with Crippen molar-refractivity contribution in [2.24, 2.45) is 0 Å². The molecule has 6 aromatic rings. The molecule has 0 saturated heterocycles. The van der Waals surface area contributed by atoms with Gasteiger partial charge < -0.3 is 10.2 Å². The molecule has 0 amide bonds. The second-order valence-corrected chi connectivity index (χ2v) is 17.6. The van der Waals surface area contributed by atoms with Crippen LogP contribution in [-0.4, -0.2) is 10.2 Å². The van der Waals surface area contributed by atoms with E-state index in [0.717, 1.165) is 65.5 Å². The standard InChI is InChI=1S/C36H36Br2O2S4/c1-2-3-4-5-6-7-8-12-15-25-20-26(37)35(41-25)33(39)31-18-23-16-29-24(17-28(23)42-31)19-32(43-29)34(40)36-27(38)21-30(44-36)22-13-10-9-11-14-22/h9-11,13-14,16-21,33-34,39-40H,2-8,12,15H2,1H3. The predicted octanol–water partition coefficient (Wildman–Crippen LogP) is 13.3. The zero-order chi connectivity index (χ0) is 30.6. The van der Waals surface area contributed by atoms with Crippen LogP contribution in [0, 0.1) is 0 Å². The maximum atomic E-state index is 11.4. The second kappa shape index (κ2) is 15.0. The maximum absolute atomic E-state index is 11.4. The van der Waals surface area contributed by atoms with Gasteiger partial charge in [0.15, 0.2) is 0 Å². The van der Waals surface area contributed by atoms with Crippen molar-refractivity contribution < 1.29 is 10.2 Å². The van der Waals surface area contributed by atoms with Crippen molar-refractivity contribution in [3.8, 4) is 10.4 Å². The number of aliphatic hydroxyl groups excluding tert-OH is 2. The molecule has 4 aromatic heterocycles. The molecule has 0 spiro atoms. The van der Waals surface area contributed by atoms with E-state index >= 15 is 0 Å². The van der Waals surface area contributed by atoms with E-state index in [-0.39, 0.29) is 0 Å². The highest BCUT2D eigenvalue weighted by atomic mass is 79.9. The fraction of sp³-hybridized carbons (Fsp3) is 0.333. The smallest absolute Gasteiger partial charge is 0.123 e. The monoisotopic (exact) mass is 786 g/mol. The van der Waals surface area contributed by atoms with Crippen molar-refractivity contribution in [2.45, 2.75) is 76.9 Å². The van der Waals surface area contributed by atoms with Gasteiger partial charge in [-0.3, -0.25) is 0 Å². The molecule has 230 valence electrons. The first kappa shape index (κ1) is 32.6. The van der Waals surface area contributed by atoms with Gasteiger partial charge in [0.25, 0.3) is 0 Å². The van der Waals surface area contributed by atoms with Crippen molar-refractivity contribution >= 4 is 97.4 Å². The molecule has 0 saturated carbocycles. The summed E-state index contributed by atoms with van der Waals surface area (Å²) >= 11 is 14.1. The molecule has 4 heterocycles. The van der Waals surface area contributed by atoms with Crippen LogP contribution in [0.4, 0.5) is 0 Å². The van der Waals surface area contributed by atoms with Gasteiger partial charge in [-0.1, -0.05) is 82.2 Å². The topological polar surface area (TPSA) is 40.5 Å². The molecule has 0 aliphatic rings. The molecule has 2 atom stereocenters. The van der Waals surface area contributed by atoms with Crippen molar-refractivity contribution in [1.29, 1.82) is 0 Å². The Bertz CT molecular complexity index is 1780. The Labute approximate surface area is 292 Å². The Hall–Kier alpha value is -1.36. The molecule has 0 radical (unpaired) electrons. The van der Waals surface area contributed by atoms with Gasteiger partial charge in [0.1, 0.15) is 12.2 Å². The lowest BCUT2D eigenvalue weighted by Gasteiger charge is -2.06. The van der Waals surface area contributed by atoms with E-state index in [9.17, 15) is 10.2 Å². The van der Waals surface area contributed by atoms with Gasteiger partial charge in [0.05, 0.1) is 9.75 Å². The van der Waals surface area contributed by atoms with Crippen LogP contribution in [0.3, 0.4) is 0 Å². The van der Waals surface area contributed by atoms with E-state index in [4.69, 9.17) is 0 Å². The van der Waals surface area contributed by atoms with Crippen LogP contribution in [-0.2, 0) is 6.42 Å². The number of aliphatic hydroxyl groups is 2. The quantitative estimate of drug-likeness (QED) is 0.108. The van der Waals surface area contributed by atoms with E-state index in [2.05, 4.69) is 87.3 Å². The van der Waals surface area contributed by atoms with E-state index in [1.54, 1.807) is 45.3 Å². The molecule has 44 heavy (non-hydrogen) atoms. The minimum absolute atomic E-state index is 0.635. The number of unbranched alkanes of at least 4 members (excludes halogenated alkanes) is 7. The summed E-state index contributed by atoms with van der Waals surface area (Å²) in [6.45, 7) is 2.27. The largest absolute Gasteiger partial charge is 0.382 e. The third-order valence-electron chi connectivity index (χ3n) is 8.04. The minimum atomic E-state index is -0.684. The zero-order valence-electron chi connectivity index (χ0n) is 24.7. The lowest BCUT2D eigenvalue weighted by atomic mass is 10.1. The summed E-state index contributed by atoms with van der Waals surface area (Å²) < 4.78 is 4.25. The fourth-order valence-electron chi connectivity index (χ4n) is 5.63. The maximum Gasteiger partial charge on any atom is 0.123 e. The molecule has 2 unspecified atom stereocenters. The molecule has 0 bridgehead atoms. The molecular formula is C36H36Br2O2S4. The van der Waals surface area contributed by atoms with E-state index in [1.165, 1.54) is 56.2 Å². The number of thiophene rings is 4. The normalized spacial score (nSPS) is 13.3. The van der Waals surface area contributed by atoms with Gasteiger partial charge in [0, 0.05) is 37.9 Å². The average Bonchev–Trinajstić information content (AvgIpc) is 3.81. The molecule has 2 aromatic carbocycles. The Balaban J connectivity index is 1.13. The van der Waals surface area contributed by atoms with E-state index in [0.29, 0.717) is 0 Å². The Kier molecular flexibility index (Phi) is 11.1. The van der Waals surface area contributed by atoms with E-state index in [1.807, 2.05) is 18.2 Å². The van der Waals surface area contributed by atoms with Gasteiger partial charge in [-0.25, -0.2) is 0 Å². The third-order valence-corrected chi connectivity index (χ3v) is 14.7. The van der Waals surface area contributed by atoms with Crippen molar-refractivity contribution in [2.75, 3.05) is 0 Å². The SMILES string of the molecule is CCCCCCCCCCc1cc(Br)c(C(O)c2cc3cc4sc(C(O)c5sc(-c6ccccc6)cc5Br)cc4cc3s2)s1. The second-order valence-electron chi connectivity index (χ2n) is 11.4. The van der Waals surface area contributed by atoms with Crippen molar-refractivity contribution in [3.05, 3.63) is 100 Å². The van der Waals surface area contributed by atoms with Gasteiger partial charge in [-0.05, 0) is 97.4 Å². The van der Waals surface area contributed by atoms with Gasteiger partial charge in [-0.15, -0.1) is 45.3 Å². The lowest BCUT2D eigenvalue weighted by molar-refractivity contribution is 0.227. The first-order valence-corrected chi connectivity index (χ1v) is 20.2. The predicted molar refractivity (Wildman–Crippen MR) is 201 cm³/mol. The molecule has 0 fully saturated rings. The molecule has 0 aliphatic heterocycles. The summed E-state index contributed by atoms with van der Waals surface area (Å²) in [5.74, 6) is 0. The third kappa shape index (κ3) is 7.44. The first-order valence-electron chi connectivity index (χ1n) is 15.4. The number of aryl methyl sites for hydroxylation is 1. The van der Waals surface area contributed by atoms with Crippen LogP contribution < -0.4 is 0 Å². The van der Waals surface area contributed by atoms with Gasteiger partial charge >= 0.3 is 0 Å². The highest BCUT2D eigenvalue weighted by Gasteiger charge is 2.22. The van der Waals surface area contributed by atoms with Crippen LogP contribution in [0.1, 0.15) is 94.9 Å². The molecule has 0 aliphatic carbocycles. The van der Waals surface area contributed by atoms with Gasteiger partial charge in [-0.2, -0.15) is 0 Å². The molecular weight excluding hydrogens is 752 g/mol. The van der Waals surface area contributed by atoms with Crippen LogP contribution in [0.15, 0.2) is 75.7 Å². The summed E-state index contributed by atoms with van der Waals surface area (Å²) in [6, 6.07) is 23.2. The summed E-state index contributed by atoms with van der Waals surface area (Å²) in [5, 5.41) is 25.0. The first-order chi connectivity index (χ1) is 21.4. The molecule has 6 rings (SSSR count). The number of rotatable bonds is 14. The molecule has 2 nitrogen and oxygen atoms in total. The highest BCUT2D eigenvalue weighted by Crippen LogP contribution is 2.45. The lowest BCUT2D eigenvalue weighted by Crippen LogP contribution is -1.94. The zero-order valence-corrected chi connectivity index (χ0v) is 31.1. The summed E-state index contributed by atoms with van der Waals surface area (Å²) in [5.41, 5.74) is 1.15. The number of fused-ring (bicyclic) bond motifs is 2. The summed E-state index contributed by atoms with van der Waals surface area (Å²) in [4.78, 5) is 6.30. The highest BCUT2D eigenvalue weighted by molar-refractivity contribution is 9.11. The summed E-state index contributed by atoms with van der Waals surface area (Å²) in [7, 11) is 0. The number of halogens is 2. The van der Waals surface area contributed by atoms with Crippen LogP contribution in [0.25, 0.3) is 30.6 Å². The van der Waals surface area contributed by atoms with E-state index < -0.39 is 12.2 Å². The Morgan fingerprint density at radius 3 is 1.77 bits per heavy atom. The summed E-state index contributed by atoms with van der Waals surface area (Å²) in [6.07, 6.45) is 10.3. The van der Waals surface area contributed by atoms with Crippen LogP contribution in [0.2, 0.25) is 0 Å². The number of benzene rings is 2. The van der Waals surface area contributed by atoms with Crippen molar-refractivity contribution in [1.82, 2.24) is 0 Å².